The van der Waals surface area contributed by atoms with Crippen LogP contribution in [0.5, 0.6) is 5.75 Å². The number of benzene rings is 1. The molecule has 35 heavy (non-hydrogen) atoms. The van der Waals surface area contributed by atoms with E-state index in [1.54, 1.807) is 26.2 Å². The zero-order valence-corrected chi connectivity index (χ0v) is 22.3. The third-order valence-corrected chi connectivity index (χ3v) is 8.05. The number of hydrogen-bond donors (Lipinski definition) is 2. The number of ether oxygens (including phenoxy) is 1. The zero-order chi connectivity index (χ0) is 25.2. The highest BCUT2D eigenvalue weighted by molar-refractivity contribution is 9.10. The van der Waals surface area contributed by atoms with Crippen molar-refractivity contribution in [1.82, 2.24) is 9.80 Å². The summed E-state index contributed by atoms with van der Waals surface area (Å²) in [5.41, 5.74) is -0.568. The van der Waals surface area contributed by atoms with Crippen molar-refractivity contribution in [3.05, 3.63) is 22.2 Å². The first kappa shape index (κ1) is 26.2. The van der Waals surface area contributed by atoms with Gasteiger partial charge in [-0.05, 0) is 64.0 Å². The SMILES string of the molecule is COC1CC(C(=O)N2CCC[C@@H](Nc3c(O)cc(Br)cc3C(=O)N3CCCCC3)C2)CC(C)(F)C1. The van der Waals surface area contributed by atoms with Gasteiger partial charge < -0.3 is 25.0 Å². The molecule has 4 rings (SSSR count). The fourth-order valence-electron chi connectivity index (χ4n) is 5.86. The van der Waals surface area contributed by atoms with Gasteiger partial charge in [-0.15, -0.1) is 0 Å². The summed E-state index contributed by atoms with van der Waals surface area (Å²) in [4.78, 5) is 30.3. The minimum Gasteiger partial charge on any atom is -0.506 e. The van der Waals surface area contributed by atoms with Crippen LogP contribution in [0.25, 0.3) is 0 Å². The second-order valence-corrected chi connectivity index (χ2v) is 11.5. The van der Waals surface area contributed by atoms with Crippen LogP contribution in [0.15, 0.2) is 16.6 Å². The van der Waals surface area contributed by atoms with Gasteiger partial charge in [-0.2, -0.15) is 0 Å². The number of phenols is 1. The first-order chi connectivity index (χ1) is 16.7. The van der Waals surface area contributed by atoms with Crippen molar-refractivity contribution in [2.45, 2.75) is 76.1 Å². The van der Waals surface area contributed by atoms with Crippen LogP contribution in [-0.2, 0) is 9.53 Å². The number of anilines is 1. The molecule has 194 valence electrons. The highest BCUT2D eigenvalue weighted by atomic mass is 79.9. The Morgan fingerprint density at radius 3 is 2.57 bits per heavy atom. The van der Waals surface area contributed by atoms with Crippen LogP contribution in [0.3, 0.4) is 0 Å². The average molecular weight is 555 g/mol. The Balaban J connectivity index is 1.48. The molecule has 3 aliphatic rings. The monoisotopic (exact) mass is 553 g/mol. The van der Waals surface area contributed by atoms with E-state index in [2.05, 4.69) is 21.2 Å². The highest BCUT2D eigenvalue weighted by Gasteiger charge is 2.42. The Bertz CT molecular complexity index is 937. The molecule has 0 spiro atoms. The Morgan fingerprint density at radius 1 is 1.14 bits per heavy atom. The van der Waals surface area contributed by atoms with Gasteiger partial charge in [0, 0.05) is 56.1 Å². The number of halogens is 2. The van der Waals surface area contributed by atoms with Gasteiger partial charge in [0.15, 0.2) is 0 Å². The van der Waals surface area contributed by atoms with Crippen molar-refractivity contribution in [2.75, 3.05) is 38.6 Å². The number of phenolic OH excluding ortho intramolecular Hbond substituents is 1. The van der Waals surface area contributed by atoms with Gasteiger partial charge in [-0.25, -0.2) is 4.39 Å². The maximum absolute atomic E-state index is 14.9. The Kier molecular flexibility index (Phi) is 8.26. The van der Waals surface area contributed by atoms with Gasteiger partial charge in [0.25, 0.3) is 5.91 Å². The summed E-state index contributed by atoms with van der Waals surface area (Å²) < 4.78 is 20.9. The van der Waals surface area contributed by atoms with Crippen molar-refractivity contribution in [2.24, 2.45) is 5.92 Å². The van der Waals surface area contributed by atoms with Gasteiger partial charge in [0.1, 0.15) is 11.4 Å². The van der Waals surface area contributed by atoms with E-state index >= 15 is 0 Å². The van der Waals surface area contributed by atoms with E-state index in [1.165, 1.54) is 0 Å². The topological polar surface area (TPSA) is 82.1 Å². The van der Waals surface area contributed by atoms with Crippen molar-refractivity contribution in [1.29, 1.82) is 0 Å². The van der Waals surface area contributed by atoms with E-state index in [4.69, 9.17) is 4.74 Å². The molecule has 1 aromatic rings. The van der Waals surface area contributed by atoms with Gasteiger partial charge in [-0.1, -0.05) is 15.9 Å². The lowest BCUT2D eigenvalue weighted by atomic mass is 9.77. The smallest absolute Gasteiger partial charge is 0.256 e. The summed E-state index contributed by atoms with van der Waals surface area (Å²) in [7, 11) is 1.57. The molecule has 3 unspecified atom stereocenters. The summed E-state index contributed by atoms with van der Waals surface area (Å²) in [5, 5.41) is 14.1. The van der Waals surface area contributed by atoms with Crippen molar-refractivity contribution < 1.29 is 23.8 Å². The van der Waals surface area contributed by atoms with Crippen LogP contribution < -0.4 is 5.32 Å². The molecule has 9 heteroatoms. The third-order valence-electron chi connectivity index (χ3n) is 7.59. The number of carbonyl (C=O) groups excluding carboxylic acids is 2. The summed E-state index contributed by atoms with van der Waals surface area (Å²) in [6.45, 7) is 4.06. The Labute approximate surface area is 215 Å². The van der Waals surface area contributed by atoms with Gasteiger partial charge in [0.2, 0.25) is 5.91 Å². The summed E-state index contributed by atoms with van der Waals surface area (Å²) in [6.07, 6.45) is 5.50. The number of likely N-dealkylation sites (tertiary alicyclic amines) is 2. The van der Waals surface area contributed by atoms with Crippen molar-refractivity contribution >= 4 is 33.4 Å². The molecule has 4 atom stereocenters. The minimum absolute atomic E-state index is 0.00611. The maximum Gasteiger partial charge on any atom is 0.256 e. The molecule has 0 radical (unpaired) electrons. The number of nitrogens with zero attached hydrogens (tertiary/aromatic N) is 2. The van der Waals surface area contributed by atoms with Gasteiger partial charge in [0.05, 0.1) is 17.4 Å². The predicted octanol–water partition coefficient (Wildman–Crippen LogP) is 4.73. The highest BCUT2D eigenvalue weighted by Crippen LogP contribution is 2.38. The number of nitrogens with one attached hydrogen (secondary N) is 1. The van der Waals surface area contributed by atoms with E-state index in [1.807, 2.05) is 9.80 Å². The molecule has 1 aliphatic carbocycles. The van der Waals surface area contributed by atoms with Gasteiger partial charge in [-0.3, -0.25) is 9.59 Å². The first-order valence-electron chi connectivity index (χ1n) is 12.8. The number of amides is 2. The molecule has 2 heterocycles. The van der Waals surface area contributed by atoms with E-state index in [9.17, 15) is 19.1 Å². The first-order valence-corrected chi connectivity index (χ1v) is 13.5. The average Bonchev–Trinajstić information content (AvgIpc) is 2.84. The van der Waals surface area contributed by atoms with Crippen molar-refractivity contribution in [3.63, 3.8) is 0 Å². The van der Waals surface area contributed by atoms with E-state index < -0.39 is 11.6 Å². The fraction of sp³-hybridized carbons (Fsp3) is 0.692. The Hall–Kier alpha value is -1.87. The molecule has 3 fully saturated rings. The molecule has 2 saturated heterocycles. The predicted molar refractivity (Wildman–Crippen MR) is 136 cm³/mol. The number of carbonyl (C=O) groups is 2. The number of methoxy groups -OCH3 is 1. The van der Waals surface area contributed by atoms with Crippen molar-refractivity contribution in [3.8, 4) is 5.75 Å². The van der Waals surface area contributed by atoms with Crippen LogP contribution >= 0.6 is 15.9 Å². The van der Waals surface area contributed by atoms with E-state index in [-0.39, 0.29) is 36.1 Å². The zero-order valence-electron chi connectivity index (χ0n) is 20.7. The van der Waals surface area contributed by atoms with E-state index in [0.29, 0.717) is 54.7 Å². The van der Waals surface area contributed by atoms with E-state index in [0.717, 1.165) is 32.1 Å². The largest absolute Gasteiger partial charge is 0.506 e. The fourth-order valence-corrected chi connectivity index (χ4v) is 6.31. The van der Waals surface area contributed by atoms with Crippen LogP contribution in [0, 0.1) is 5.92 Å². The standard InChI is InChI=1S/C26H37BrFN3O4/c1-26(28)14-17(11-20(15-26)35-2)24(33)31-10-6-7-19(16-31)29-23-21(12-18(27)13-22(23)32)25(34)30-8-4-3-5-9-30/h12-13,17,19-20,29,32H,3-11,14-16H2,1-2H3/t17?,19-,20?,26?/m1/s1. The minimum atomic E-state index is -1.42. The maximum atomic E-state index is 14.9. The van der Waals surface area contributed by atoms with Crippen LogP contribution in [-0.4, -0.2) is 77.8 Å². The van der Waals surface area contributed by atoms with Crippen LogP contribution in [0.1, 0.15) is 68.6 Å². The lowest BCUT2D eigenvalue weighted by molar-refractivity contribution is -0.142. The number of hydrogen-bond acceptors (Lipinski definition) is 5. The number of rotatable bonds is 5. The summed E-state index contributed by atoms with van der Waals surface area (Å²) in [5.74, 6) is -0.527. The molecular formula is C26H37BrFN3O4. The number of aromatic hydroxyl groups is 1. The normalized spacial score (nSPS) is 29.7. The molecule has 0 bridgehead atoms. The van der Waals surface area contributed by atoms with Crippen LogP contribution in [0.4, 0.5) is 10.1 Å². The molecule has 2 aliphatic heterocycles. The second-order valence-electron chi connectivity index (χ2n) is 10.6. The molecule has 1 saturated carbocycles. The summed E-state index contributed by atoms with van der Waals surface area (Å²) in [6, 6.07) is 3.21. The Morgan fingerprint density at radius 2 is 1.86 bits per heavy atom. The molecule has 2 amide bonds. The number of piperidine rings is 2. The molecule has 1 aromatic carbocycles. The molecule has 2 N–H and O–H groups in total. The lowest BCUT2D eigenvalue weighted by Gasteiger charge is -2.40. The molecule has 0 aromatic heterocycles. The second kappa shape index (κ2) is 11.0. The van der Waals surface area contributed by atoms with Gasteiger partial charge >= 0.3 is 0 Å². The molecule has 7 nitrogen and oxygen atoms in total. The molecular weight excluding hydrogens is 517 g/mol. The number of alkyl halides is 1. The summed E-state index contributed by atoms with van der Waals surface area (Å²) >= 11 is 3.40. The third kappa shape index (κ3) is 6.28. The quantitative estimate of drug-likeness (QED) is 0.515. The van der Waals surface area contributed by atoms with Crippen LogP contribution in [0.2, 0.25) is 0 Å². The lowest BCUT2D eigenvalue weighted by Crippen LogP contribution is -2.50.